The van der Waals surface area contributed by atoms with Gasteiger partial charge in [-0.25, -0.2) is 8.78 Å². The van der Waals surface area contributed by atoms with Crippen molar-refractivity contribution in [1.29, 1.82) is 0 Å². The summed E-state index contributed by atoms with van der Waals surface area (Å²) in [7, 11) is 0. The molecule has 1 amide bonds. The molecule has 1 saturated heterocycles. The van der Waals surface area contributed by atoms with E-state index in [1.54, 1.807) is 24.3 Å². The zero-order valence-electron chi connectivity index (χ0n) is 14.6. The van der Waals surface area contributed by atoms with E-state index >= 15 is 0 Å². The summed E-state index contributed by atoms with van der Waals surface area (Å²) in [5.41, 5.74) is 2.06. The van der Waals surface area contributed by atoms with E-state index in [1.807, 2.05) is 0 Å². The van der Waals surface area contributed by atoms with Crippen molar-refractivity contribution in [3.8, 4) is 0 Å². The van der Waals surface area contributed by atoms with Crippen LogP contribution in [0, 0.1) is 17.6 Å². The van der Waals surface area contributed by atoms with Crippen molar-refractivity contribution in [1.82, 2.24) is 10.2 Å². The number of rotatable bonds is 5. The molecule has 2 heterocycles. The maximum absolute atomic E-state index is 13.2. The molecule has 2 aromatic carbocycles. The number of benzene rings is 2. The third kappa shape index (κ3) is 3.98. The first kappa shape index (κ1) is 17.6. The average Bonchev–Trinajstić information content (AvgIpc) is 3.22. The second-order valence-electron chi connectivity index (χ2n) is 6.86. The summed E-state index contributed by atoms with van der Waals surface area (Å²) >= 11 is 0. The number of carbonyl (C=O) groups is 1. The summed E-state index contributed by atoms with van der Waals surface area (Å²) in [6, 6.07) is 12.5. The highest BCUT2D eigenvalue weighted by Gasteiger charge is 2.44. The fraction of sp³-hybridized carbons (Fsp3) is 0.300. The second kappa shape index (κ2) is 7.44. The molecule has 140 valence electrons. The van der Waals surface area contributed by atoms with Crippen LogP contribution in [0.1, 0.15) is 11.1 Å². The van der Waals surface area contributed by atoms with Gasteiger partial charge in [0.05, 0.1) is 5.92 Å². The number of nitrogens with zero attached hydrogens (tertiary/aromatic N) is 2. The summed E-state index contributed by atoms with van der Waals surface area (Å²) in [6.45, 7) is 2.20. The van der Waals surface area contributed by atoms with Crippen LogP contribution in [0.3, 0.4) is 0 Å². The Kier molecular flexibility index (Phi) is 4.85. The van der Waals surface area contributed by atoms with E-state index in [1.165, 1.54) is 24.3 Å². The SMILES string of the molecule is O=C(NCc1cccc(F)c1)C1=NO[C@@H]2CN(Cc3ccc(F)cc3)C[C@H]12. The summed E-state index contributed by atoms with van der Waals surface area (Å²) in [5.74, 6) is -0.992. The minimum absolute atomic E-state index is 0.0991. The van der Waals surface area contributed by atoms with Crippen LogP contribution < -0.4 is 5.32 Å². The summed E-state index contributed by atoms with van der Waals surface area (Å²) in [5, 5.41) is 6.73. The van der Waals surface area contributed by atoms with E-state index in [-0.39, 0.29) is 36.1 Å². The first-order valence-electron chi connectivity index (χ1n) is 8.81. The van der Waals surface area contributed by atoms with Gasteiger partial charge in [0.15, 0.2) is 5.71 Å². The average molecular weight is 371 g/mol. The van der Waals surface area contributed by atoms with E-state index in [2.05, 4.69) is 15.4 Å². The molecule has 0 aliphatic carbocycles. The van der Waals surface area contributed by atoms with Gasteiger partial charge in [-0.05, 0) is 35.4 Å². The molecule has 5 nitrogen and oxygen atoms in total. The van der Waals surface area contributed by atoms with Gasteiger partial charge in [-0.3, -0.25) is 9.69 Å². The van der Waals surface area contributed by atoms with Crippen molar-refractivity contribution in [2.75, 3.05) is 13.1 Å². The molecule has 0 bridgehead atoms. The second-order valence-corrected chi connectivity index (χ2v) is 6.86. The van der Waals surface area contributed by atoms with Crippen LogP contribution in [0.2, 0.25) is 0 Å². The molecule has 0 unspecified atom stereocenters. The smallest absolute Gasteiger partial charge is 0.269 e. The predicted octanol–water partition coefficient (Wildman–Crippen LogP) is 2.47. The van der Waals surface area contributed by atoms with Gasteiger partial charge in [-0.15, -0.1) is 0 Å². The Morgan fingerprint density at radius 1 is 1.11 bits per heavy atom. The van der Waals surface area contributed by atoms with E-state index in [0.29, 0.717) is 30.9 Å². The minimum Gasteiger partial charge on any atom is -0.390 e. The molecule has 2 aliphatic heterocycles. The minimum atomic E-state index is -0.337. The number of fused-ring (bicyclic) bond motifs is 1. The molecule has 0 radical (unpaired) electrons. The van der Waals surface area contributed by atoms with Crippen molar-refractivity contribution >= 4 is 11.6 Å². The molecule has 0 saturated carbocycles. The van der Waals surface area contributed by atoms with E-state index in [4.69, 9.17) is 4.84 Å². The maximum atomic E-state index is 13.2. The van der Waals surface area contributed by atoms with Gasteiger partial charge in [0, 0.05) is 26.2 Å². The Morgan fingerprint density at radius 3 is 2.70 bits per heavy atom. The fourth-order valence-electron chi connectivity index (χ4n) is 3.52. The van der Waals surface area contributed by atoms with E-state index in [9.17, 15) is 13.6 Å². The molecule has 2 aromatic rings. The highest BCUT2D eigenvalue weighted by molar-refractivity contribution is 6.40. The predicted molar refractivity (Wildman–Crippen MR) is 95.7 cm³/mol. The molecular formula is C20H19F2N3O2. The summed E-state index contributed by atoms with van der Waals surface area (Å²) in [4.78, 5) is 20.1. The zero-order chi connectivity index (χ0) is 18.8. The van der Waals surface area contributed by atoms with Crippen LogP contribution >= 0.6 is 0 Å². The van der Waals surface area contributed by atoms with Crippen LogP contribution in [0.25, 0.3) is 0 Å². The molecule has 1 fully saturated rings. The molecule has 2 aliphatic rings. The highest BCUT2D eigenvalue weighted by Crippen LogP contribution is 2.28. The number of carbonyl (C=O) groups excluding carboxylic acids is 1. The molecular weight excluding hydrogens is 352 g/mol. The van der Waals surface area contributed by atoms with Gasteiger partial charge in [0.25, 0.3) is 5.91 Å². The first-order chi connectivity index (χ1) is 13.1. The third-order valence-electron chi connectivity index (χ3n) is 4.87. The number of likely N-dealkylation sites (tertiary alicyclic amines) is 1. The Morgan fingerprint density at radius 2 is 1.93 bits per heavy atom. The van der Waals surface area contributed by atoms with Crippen LogP contribution in [-0.2, 0) is 22.7 Å². The monoisotopic (exact) mass is 371 g/mol. The van der Waals surface area contributed by atoms with Crippen molar-refractivity contribution in [2.24, 2.45) is 11.1 Å². The Labute approximate surface area is 155 Å². The van der Waals surface area contributed by atoms with E-state index in [0.717, 1.165) is 5.56 Å². The van der Waals surface area contributed by atoms with Gasteiger partial charge in [0.1, 0.15) is 17.7 Å². The van der Waals surface area contributed by atoms with Gasteiger partial charge in [0.2, 0.25) is 0 Å². The van der Waals surface area contributed by atoms with E-state index < -0.39 is 0 Å². The Hall–Kier alpha value is -2.80. The molecule has 2 atom stereocenters. The lowest BCUT2D eigenvalue weighted by molar-refractivity contribution is -0.115. The number of hydrogen-bond donors (Lipinski definition) is 1. The Balaban J connectivity index is 1.34. The van der Waals surface area contributed by atoms with Gasteiger partial charge < -0.3 is 10.2 Å². The summed E-state index contributed by atoms with van der Waals surface area (Å²) in [6.07, 6.45) is -0.152. The maximum Gasteiger partial charge on any atom is 0.269 e. The lowest BCUT2D eigenvalue weighted by atomic mass is 10.0. The highest BCUT2D eigenvalue weighted by atomic mass is 19.1. The number of nitrogens with one attached hydrogen (secondary N) is 1. The molecule has 4 rings (SSSR count). The van der Waals surface area contributed by atoms with Crippen molar-refractivity contribution < 1.29 is 18.4 Å². The van der Waals surface area contributed by atoms with Crippen LogP contribution in [-0.4, -0.2) is 35.7 Å². The Bertz CT molecular complexity index is 870. The van der Waals surface area contributed by atoms with Crippen LogP contribution in [0.5, 0.6) is 0 Å². The molecule has 0 aromatic heterocycles. The molecule has 1 N–H and O–H groups in total. The standard InChI is InChI=1S/C20H19F2N3O2/c21-15-6-4-13(5-7-15)10-25-11-17-18(12-25)27-24-19(17)20(26)23-9-14-2-1-3-16(22)8-14/h1-8,17-18H,9-12H2,(H,23,26)/t17-,18+/m0/s1. The quantitative estimate of drug-likeness (QED) is 0.879. The number of hydrogen-bond acceptors (Lipinski definition) is 4. The topological polar surface area (TPSA) is 53.9 Å². The third-order valence-corrected chi connectivity index (χ3v) is 4.87. The zero-order valence-corrected chi connectivity index (χ0v) is 14.6. The normalized spacial score (nSPS) is 21.5. The van der Waals surface area contributed by atoms with Gasteiger partial charge >= 0.3 is 0 Å². The number of amides is 1. The number of oxime groups is 1. The van der Waals surface area contributed by atoms with Crippen molar-refractivity contribution in [3.05, 3.63) is 71.3 Å². The fourth-order valence-corrected chi connectivity index (χ4v) is 3.52. The van der Waals surface area contributed by atoms with Crippen LogP contribution in [0.4, 0.5) is 8.78 Å². The lowest BCUT2D eigenvalue weighted by Gasteiger charge is -2.16. The number of halogens is 2. The van der Waals surface area contributed by atoms with Crippen molar-refractivity contribution in [2.45, 2.75) is 19.2 Å². The van der Waals surface area contributed by atoms with Crippen molar-refractivity contribution in [3.63, 3.8) is 0 Å². The molecule has 0 spiro atoms. The summed E-state index contributed by atoms with van der Waals surface area (Å²) < 4.78 is 26.3. The largest absolute Gasteiger partial charge is 0.390 e. The lowest BCUT2D eigenvalue weighted by Crippen LogP contribution is -2.36. The molecule has 7 heteroatoms. The first-order valence-corrected chi connectivity index (χ1v) is 8.81. The van der Waals surface area contributed by atoms with Crippen LogP contribution in [0.15, 0.2) is 53.7 Å². The van der Waals surface area contributed by atoms with Gasteiger partial charge in [-0.1, -0.05) is 29.4 Å². The molecule has 27 heavy (non-hydrogen) atoms. The van der Waals surface area contributed by atoms with Gasteiger partial charge in [-0.2, -0.15) is 0 Å².